The maximum atomic E-state index is 4.20. The van der Waals surface area contributed by atoms with Crippen molar-refractivity contribution in [3.8, 4) is 0 Å². The first-order valence-electron chi connectivity index (χ1n) is 10.2. The van der Waals surface area contributed by atoms with Crippen molar-refractivity contribution < 1.29 is 0 Å². The lowest BCUT2D eigenvalue weighted by molar-refractivity contribution is 1.11. The molecular formula is C26H31N3S2. The Hall–Kier alpha value is -2.50. The van der Waals surface area contributed by atoms with Crippen molar-refractivity contribution in [1.82, 2.24) is 0 Å². The molecule has 1 aliphatic rings. The summed E-state index contributed by atoms with van der Waals surface area (Å²) in [7, 11) is 10.4. The number of nitrogens with zero attached hydrogens (tertiary/aromatic N) is 3. The van der Waals surface area contributed by atoms with Crippen LogP contribution in [0.15, 0.2) is 93.1 Å². The van der Waals surface area contributed by atoms with Crippen LogP contribution in [0.5, 0.6) is 0 Å². The quantitative estimate of drug-likeness (QED) is 0.334. The molecule has 0 bridgehead atoms. The summed E-state index contributed by atoms with van der Waals surface area (Å²) >= 11 is 3.51. The molecule has 0 unspecified atom stereocenters. The first-order chi connectivity index (χ1) is 14.8. The van der Waals surface area contributed by atoms with Crippen LogP contribution in [0.25, 0.3) is 0 Å². The van der Waals surface area contributed by atoms with E-state index >= 15 is 0 Å². The molecule has 3 rings (SSSR count). The van der Waals surface area contributed by atoms with Crippen LogP contribution in [0, 0.1) is 6.92 Å². The number of rotatable bonds is 7. The van der Waals surface area contributed by atoms with E-state index in [9.17, 15) is 0 Å². The zero-order chi connectivity index (χ0) is 22.5. The fraction of sp³-hybridized carbons (Fsp3) is 0.231. The van der Waals surface area contributed by atoms with E-state index in [1.54, 1.807) is 23.5 Å². The van der Waals surface area contributed by atoms with Gasteiger partial charge in [0.05, 0.1) is 10.7 Å². The molecule has 1 aliphatic heterocycles. The van der Waals surface area contributed by atoms with Crippen LogP contribution in [0.4, 0.5) is 17.1 Å². The van der Waals surface area contributed by atoms with Gasteiger partial charge in [0.2, 0.25) is 0 Å². The Kier molecular flexibility index (Phi) is 7.63. The van der Waals surface area contributed by atoms with Gasteiger partial charge in [-0.25, -0.2) is 0 Å². The first-order valence-corrected chi connectivity index (χ1v) is 11.8. The van der Waals surface area contributed by atoms with E-state index in [-0.39, 0.29) is 0 Å². The van der Waals surface area contributed by atoms with E-state index in [0.717, 1.165) is 4.91 Å². The minimum absolute atomic E-state index is 1.02. The second-order valence-electron chi connectivity index (χ2n) is 7.87. The average molecular weight is 450 g/mol. The fourth-order valence-corrected chi connectivity index (χ4v) is 5.04. The summed E-state index contributed by atoms with van der Waals surface area (Å²) in [6.07, 6.45) is 10.4. The number of benzene rings is 2. The van der Waals surface area contributed by atoms with Crippen LogP contribution >= 0.6 is 23.5 Å². The molecule has 0 N–H and O–H groups in total. The van der Waals surface area contributed by atoms with Crippen molar-refractivity contribution in [3.05, 3.63) is 88.9 Å². The van der Waals surface area contributed by atoms with Crippen LogP contribution in [0.3, 0.4) is 0 Å². The van der Waals surface area contributed by atoms with Crippen molar-refractivity contribution in [3.63, 3.8) is 0 Å². The molecular weight excluding hydrogens is 418 g/mol. The van der Waals surface area contributed by atoms with Gasteiger partial charge in [-0.1, -0.05) is 54.4 Å². The molecule has 0 atom stereocenters. The minimum Gasteiger partial charge on any atom is -0.378 e. The Morgan fingerprint density at radius 2 is 1.65 bits per heavy atom. The predicted octanol–water partition coefficient (Wildman–Crippen LogP) is 6.93. The summed E-state index contributed by atoms with van der Waals surface area (Å²) in [4.78, 5) is 10.1. The monoisotopic (exact) mass is 449 g/mol. The van der Waals surface area contributed by atoms with Crippen molar-refractivity contribution in [2.24, 2.45) is 0 Å². The zero-order valence-electron chi connectivity index (χ0n) is 19.2. The second kappa shape index (κ2) is 10.2. The number of hydrogen-bond acceptors (Lipinski definition) is 5. The third kappa shape index (κ3) is 5.81. The van der Waals surface area contributed by atoms with Crippen LogP contribution in [0.2, 0.25) is 0 Å². The summed E-state index contributed by atoms with van der Waals surface area (Å²) < 4.78 is 0. The lowest BCUT2D eigenvalue weighted by atomic mass is 10.2. The molecule has 1 heterocycles. The van der Waals surface area contributed by atoms with Gasteiger partial charge in [0.25, 0.3) is 0 Å². The smallest absolute Gasteiger partial charge is 0.0798 e. The van der Waals surface area contributed by atoms with E-state index < -0.39 is 0 Å². The van der Waals surface area contributed by atoms with Crippen molar-refractivity contribution >= 4 is 40.6 Å². The van der Waals surface area contributed by atoms with Crippen LogP contribution in [-0.2, 0) is 0 Å². The zero-order valence-corrected chi connectivity index (χ0v) is 20.8. The predicted molar refractivity (Wildman–Crippen MR) is 142 cm³/mol. The highest BCUT2D eigenvalue weighted by atomic mass is 32.2. The highest BCUT2D eigenvalue weighted by Crippen LogP contribution is 2.46. The van der Waals surface area contributed by atoms with Crippen LogP contribution in [0.1, 0.15) is 5.56 Å². The van der Waals surface area contributed by atoms with Crippen molar-refractivity contribution in [2.45, 2.75) is 16.7 Å². The Bertz CT molecular complexity index is 1050. The molecule has 0 saturated heterocycles. The van der Waals surface area contributed by atoms with Gasteiger partial charge >= 0.3 is 0 Å². The van der Waals surface area contributed by atoms with Gasteiger partial charge in [0, 0.05) is 61.3 Å². The molecule has 3 nitrogen and oxygen atoms in total. The van der Waals surface area contributed by atoms with Crippen molar-refractivity contribution in [2.75, 3.05) is 49.9 Å². The highest BCUT2D eigenvalue weighted by Gasteiger charge is 2.21. The summed E-state index contributed by atoms with van der Waals surface area (Å²) in [5.74, 6) is 0. The molecule has 162 valence electrons. The number of thioether (sulfide) groups is 2. The summed E-state index contributed by atoms with van der Waals surface area (Å²) in [5.41, 5.74) is 4.95. The standard InChI is InChI=1S/C26H31N3S2/c1-19-13-14-21(27(3)4)17-24(19)30-20(2)11-9-8-10-12-26-29(7)23-16-15-22(28(5)6)18-25(23)31-26/h8-18H,2H2,1,3-7H3/b10-8+,11-9+,26-12-. The molecule has 0 spiro atoms. The molecule has 0 fully saturated rings. The molecule has 0 aromatic heterocycles. The molecule has 0 aliphatic carbocycles. The summed E-state index contributed by atoms with van der Waals surface area (Å²) in [6.45, 7) is 6.34. The average Bonchev–Trinajstić information content (AvgIpc) is 3.04. The molecule has 0 saturated carbocycles. The van der Waals surface area contributed by atoms with Crippen molar-refractivity contribution in [1.29, 1.82) is 0 Å². The Morgan fingerprint density at radius 3 is 2.35 bits per heavy atom. The van der Waals surface area contributed by atoms with E-state index in [0.29, 0.717) is 0 Å². The fourth-order valence-electron chi connectivity index (χ4n) is 3.10. The number of anilines is 3. The molecule has 2 aromatic carbocycles. The topological polar surface area (TPSA) is 9.72 Å². The Morgan fingerprint density at radius 1 is 0.968 bits per heavy atom. The van der Waals surface area contributed by atoms with Crippen LogP contribution < -0.4 is 14.7 Å². The van der Waals surface area contributed by atoms with Gasteiger partial charge in [-0.3, -0.25) is 0 Å². The third-order valence-electron chi connectivity index (χ3n) is 5.04. The molecule has 0 amide bonds. The Balaban J connectivity index is 1.60. The number of allylic oxidation sites excluding steroid dienone is 5. The van der Waals surface area contributed by atoms with Gasteiger partial charge in [0.15, 0.2) is 0 Å². The normalized spacial score (nSPS) is 14.6. The van der Waals surface area contributed by atoms with E-state index in [1.807, 2.05) is 0 Å². The van der Waals surface area contributed by atoms with Gasteiger partial charge in [0.1, 0.15) is 0 Å². The lowest BCUT2D eigenvalue weighted by Gasteiger charge is -2.15. The maximum absolute atomic E-state index is 4.20. The molecule has 0 radical (unpaired) electrons. The SMILES string of the molecule is C=C(/C=C/C=C/C=C1\Sc2cc(N(C)C)ccc2N1C)Sc1cc(N(C)C)ccc1C. The van der Waals surface area contributed by atoms with Gasteiger partial charge in [-0.05, 0) is 55.0 Å². The molecule has 5 heteroatoms. The minimum atomic E-state index is 1.02. The van der Waals surface area contributed by atoms with Gasteiger partial charge in [-0.15, -0.1) is 0 Å². The lowest BCUT2D eigenvalue weighted by Crippen LogP contribution is -2.10. The highest BCUT2D eigenvalue weighted by molar-refractivity contribution is 8.03. The van der Waals surface area contributed by atoms with E-state index in [1.165, 1.54) is 37.4 Å². The van der Waals surface area contributed by atoms with E-state index in [4.69, 9.17) is 0 Å². The van der Waals surface area contributed by atoms with E-state index in [2.05, 4.69) is 130 Å². The molecule has 2 aromatic rings. The number of hydrogen-bond donors (Lipinski definition) is 0. The first kappa shape index (κ1) is 23.2. The maximum Gasteiger partial charge on any atom is 0.0798 e. The summed E-state index contributed by atoms with van der Waals surface area (Å²) in [6, 6.07) is 13.1. The Labute approximate surface area is 195 Å². The largest absolute Gasteiger partial charge is 0.378 e. The second-order valence-corrected chi connectivity index (χ2v) is 10.1. The molecule has 31 heavy (non-hydrogen) atoms. The number of aryl methyl sites for hydroxylation is 1. The van der Waals surface area contributed by atoms with Gasteiger partial charge < -0.3 is 14.7 Å². The summed E-state index contributed by atoms with van der Waals surface area (Å²) in [5, 5.41) is 1.22. The number of fused-ring (bicyclic) bond motifs is 1. The third-order valence-corrected chi connectivity index (χ3v) is 7.26. The van der Waals surface area contributed by atoms with Crippen LogP contribution in [-0.4, -0.2) is 35.2 Å². The van der Waals surface area contributed by atoms with Gasteiger partial charge in [-0.2, -0.15) is 0 Å².